The maximum absolute atomic E-state index is 12.2. The van der Waals surface area contributed by atoms with Gasteiger partial charge in [-0.2, -0.15) is 4.98 Å². The number of hydrogen-bond donors (Lipinski definition) is 1. The predicted octanol–water partition coefficient (Wildman–Crippen LogP) is 2.10. The number of likely N-dealkylation sites (tertiary alicyclic amines) is 1. The Kier molecular flexibility index (Phi) is 5.46. The van der Waals surface area contributed by atoms with Gasteiger partial charge in [0.1, 0.15) is 6.61 Å². The Morgan fingerprint density at radius 3 is 2.64 bits per heavy atom. The van der Waals surface area contributed by atoms with E-state index in [0.29, 0.717) is 35.8 Å². The number of carbonyl (C=O) groups excluding carboxylic acids is 1. The highest BCUT2D eigenvalue weighted by atomic mass is 16.5. The Morgan fingerprint density at radius 2 is 2.00 bits per heavy atom. The Hall–Kier alpha value is -2.25. The Balaban J connectivity index is 1.63. The lowest BCUT2D eigenvalue weighted by Gasteiger charge is -2.38. The van der Waals surface area contributed by atoms with Crippen molar-refractivity contribution in [2.24, 2.45) is 0 Å². The molecule has 3 heterocycles. The highest BCUT2D eigenvalue weighted by Crippen LogP contribution is 2.30. The maximum atomic E-state index is 12.2. The highest BCUT2D eigenvalue weighted by molar-refractivity contribution is 6.08. The quantitative estimate of drug-likeness (QED) is 0.766. The van der Waals surface area contributed by atoms with Gasteiger partial charge in [-0.05, 0) is 52.4 Å². The first-order valence-corrected chi connectivity index (χ1v) is 10.2. The van der Waals surface area contributed by atoms with Gasteiger partial charge in [-0.15, -0.1) is 0 Å². The number of ketones is 1. The zero-order valence-corrected chi connectivity index (χ0v) is 16.9. The molecular formula is C21H29N5O2. The monoisotopic (exact) mass is 383 g/mol. The van der Waals surface area contributed by atoms with Crippen molar-refractivity contribution in [3.63, 3.8) is 0 Å². The summed E-state index contributed by atoms with van der Waals surface area (Å²) in [7, 11) is 0. The molecule has 0 spiro atoms. The van der Waals surface area contributed by atoms with E-state index in [1.54, 1.807) is 13.1 Å². The van der Waals surface area contributed by atoms with Crippen LogP contribution in [0.2, 0.25) is 0 Å². The van der Waals surface area contributed by atoms with Gasteiger partial charge in [0.2, 0.25) is 0 Å². The molecule has 150 valence electrons. The number of benzene rings is 1. The second-order valence-corrected chi connectivity index (χ2v) is 8.02. The predicted molar refractivity (Wildman–Crippen MR) is 110 cm³/mol. The van der Waals surface area contributed by atoms with Gasteiger partial charge in [-0.3, -0.25) is 9.69 Å². The minimum absolute atomic E-state index is 0.00354. The molecule has 0 aliphatic carbocycles. The van der Waals surface area contributed by atoms with E-state index in [9.17, 15) is 4.79 Å². The molecule has 28 heavy (non-hydrogen) atoms. The first kappa shape index (κ1) is 19.1. The molecule has 1 aromatic carbocycles. The molecule has 7 heteroatoms. The van der Waals surface area contributed by atoms with Gasteiger partial charge in [-0.1, -0.05) is 0 Å². The van der Waals surface area contributed by atoms with Gasteiger partial charge in [0, 0.05) is 54.6 Å². The maximum Gasteiger partial charge on any atom is 0.316 e. The number of fused-ring (bicyclic) bond motifs is 1. The average Bonchev–Trinajstić information content (AvgIpc) is 2.61. The van der Waals surface area contributed by atoms with E-state index in [1.807, 2.05) is 12.1 Å². The van der Waals surface area contributed by atoms with Crippen molar-refractivity contribution in [1.82, 2.24) is 20.2 Å². The topological polar surface area (TPSA) is 70.6 Å². The molecule has 0 radical (unpaired) electrons. The largest absolute Gasteiger partial charge is 0.462 e. The minimum Gasteiger partial charge on any atom is -0.462 e. The number of aromatic nitrogens is 2. The number of hydrogen-bond acceptors (Lipinski definition) is 7. The molecule has 2 aliphatic rings. The van der Waals surface area contributed by atoms with Crippen molar-refractivity contribution in [2.45, 2.75) is 39.3 Å². The number of Topliss-reactive ketones (excluding diaryl/α,β-unsaturated/α-hetero) is 1. The normalized spacial score (nSPS) is 22.9. The minimum atomic E-state index is 0.00354. The third kappa shape index (κ3) is 3.95. The van der Waals surface area contributed by atoms with Crippen LogP contribution in [-0.2, 0) is 0 Å². The second-order valence-electron chi connectivity index (χ2n) is 8.02. The number of nitrogens with one attached hydrogen (secondary N) is 1. The molecule has 7 nitrogen and oxygen atoms in total. The van der Waals surface area contributed by atoms with Gasteiger partial charge in [0.25, 0.3) is 0 Å². The summed E-state index contributed by atoms with van der Waals surface area (Å²) in [5, 5.41) is 4.46. The van der Waals surface area contributed by atoms with Crippen LogP contribution in [-0.4, -0.2) is 72.1 Å². The third-order valence-corrected chi connectivity index (χ3v) is 5.57. The standard InChI is InChI=1S/C21H29N5O2/c1-14-12-26(13-15(2)23-14)19-6-5-17(16(3)27)20-18(19)11-22-21(24-20)28-10-9-25-7-4-8-25/h5-6,11,14-15,23H,4,7-10,12-13H2,1-3H3. The van der Waals surface area contributed by atoms with Crippen LogP contribution in [0.25, 0.3) is 10.9 Å². The molecule has 2 aliphatic heterocycles. The average molecular weight is 383 g/mol. The Labute approximate surface area is 166 Å². The van der Waals surface area contributed by atoms with E-state index >= 15 is 0 Å². The van der Waals surface area contributed by atoms with Crippen molar-refractivity contribution >= 4 is 22.4 Å². The fourth-order valence-corrected chi connectivity index (χ4v) is 4.11. The van der Waals surface area contributed by atoms with Gasteiger partial charge >= 0.3 is 6.01 Å². The molecule has 2 saturated heterocycles. The van der Waals surface area contributed by atoms with E-state index in [2.05, 4.69) is 38.9 Å². The molecule has 2 atom stereocenters. The molecule has 0 bridgehead atoms. The summed E-state index contributed by atoms with van der Waals surface area (Å²) in [5.41, 5.74) is 2.37. The zero-order chi connectivity index (χ0) is 19.7. The first-order chi connectivity index (χ1) is 13.5. The molecule has 2 fully saturated rings. The number of carbonyl (C=O) groups is 1. The van der Waals surface area contributed by atoms with Crippen molar-refractivity contribution in [2.75, 3.05) is 44.2 Å². The van der Waals surface area contributed by atoms with Crippen molar-refractivity contribution in [3.8, 4) is 6.01 Å². The van der Waals surface area contributed by atoms with E-state index in [-0.39, 0.29) is 5.78 Å². The van der Waals surface area contributed by atoms with Gasteiger partial charge in [0.05, 0.1) is 5.52 Å². The van der Waals surface area contributed by atoms with Crippen molar-refractivity contribution < 1.29 is 9.53 Å². The smallest absolute Gasteiger partial charge is 0.316 e. The molecule has 2 unspecified atom stereocenters. The van der Waals surface area contributed by atoms with Crippen molar-refractivity contribution in [3.05, 3.63) is 23.9 Å². The van der Waals surface area contributed by atoms with E-state index < -0.39 is 0 Å². The van der Waals surface area contributed by atoms with Crippen molar-refractivity contribution in [1.29, 1.82) is 0 Å². The molecule has 0 amide bonds. The fourth-order valence-electron chi connectivity index (χ4n) is 4.11. The number of piperazine rings is 1. The lowest BCUT2D eigenvalue weighted by atomic mass is 10.0. The molecule has 2 aromatic rings. The lowest BCUT2D eigenvalue weighted by Crippen LogP contribution is -2.54. The number of nitrogens with zero attached hydrogens (tertiary/aromatic N) is 4. The third-order valence-electron chi connectivity index (χ3n) is 5.57. The van der Waals surface area contributed by atoms with Crippen LogP contribution in [0.1, 0.15) is 37.6 Å². The van der Waals surface area contributed by atoms with Crippen LogP contribution in [0.5, 0.6) is 6.01 Å². The highest BCUT2D eigenvalue weighted by Gasteiger charge is 2.24. The summed E-state index contributed by atoms with van der Waals surface area (Å²) in [4.78, 5) is 25.9. The van der Waals surface area contributed by atoms with Gasteiger partial charge in [0.15, 0.2) is 5.78 Å². The number of anilines is 1. The number of rotatable bonds is 6. The van der Waals surface area contributed by atoms with Crippen LogP contribution in [0.4, 0.5) is 5.69 Å². The van der Waals surface area contributed by atoms with Crippen LogP contribution in [0, 0.1) is 0 Å². The molecule has 0 saturated carbocycles. The number of ether oxygens (including phenoxy) is 1. The molecule has 4 rings (SSSR count). The summed E-state index contributed by atoms with van der Waals surface area (Å²) < 4.78 is 5.78. The summed E-state index contributed by atoms with van der Waals surface area (Å²) >= 11 is 0. The lowest BCUT2D eigenvalue weighted by molar-refractivity contribution is 0.101. The van der Waals surface area contributed by atoms with Gasteiger partial charge < -0.3 is 15.0 Å². The summed E-state index contributed by atoms with van der Waals surface area (Å²) in [6, 6.07) is 5.05. The Morgan fingerprint density at radius 1 is 1.25 bits per heavy atom. The molecular weight excluding hydrogens is 354 g/mol. The molecule has 1 N–H and O–H groups in total. The Bertz CT molecular complexity index is 857. The summed E-state index contributed by atoms with van der Waals surface area (Å²) in [6.45, 7) is 11.5. The fraction of sp³-hybridized carbons (Fsp3) is 0.571. The van der Waals surface area contributed by atoms with Crippen LogP contribution in [0.3, 0.4) is 0 Å². The van der Waals surface area contributed by atoms with E-state index in [4.69, 9.17) is 4.74 Å². The van der Waals surface area contributed by atoms with E-state index in [0.717, 1.165) is 43.8 Å². The van der Waals surface area contributed by atoms with Crippen LogP contribution < -0.4 is 15.0 Å². The first-order valence-electron chi connectivity index (χ1n) is 10.2. The second kappa shape index (κ2) is 8.01. The van der Waals surface area contributed by atoms with Crippen LogP contribution in [0.15, 0.2) is 18.3 Å². The summed E-state index contributed by atoms with van der Waals surface area (Å²) in [5.74, 6) is 0.00354. The SMILES string of the molecule is CC(=O)c1ccc(N2CC(C)NC(C)C2)c2cnc(OCCN3CCC3)nc12. The van der Waals surface area contributed by atoms with E-state index in [1.165, 1.54) is 6.42 Å². The van der Waals surface area contributed by atoms with Gasteiger partial charge in [-0.25, -0.2) is 4.98 Å². The van der Waals surface area contributed by atoms with Crippen LogP contribution >= 0.6 is 0 Å². The summed E-state index contributed by atoms with van der Waals surface area (Å²) in [6.07, 6.45) is 3.07. The zero-order valence-electron chi connectivity index (χ0n) is 16.9. The molecule has 1 aromatic heterocycles.